The van der Waals surface area contributed by atoms with E-state index in [1.807, 2.05) is 31.1 Å². The molecule has 1 unspecified atom stereocenters. The van der Waals surface area contributed by atoms with Crippen LogP contribution in [-0.2, 0) is 20.0 Å². The molecule has 3 N–H and O–H groups in total. The quantitative estimate of drug-likeness (QED) is 0.202. The van der Waals surface area contributed by atoms with Crippen LogP contribution in [0.3, 0.4) is 0 Å². The number of nitrogens with one attached hydrogen (secondary N) is 2. The standard InChI is InChI=1S/C37H44ClN5O/c1-5-26(22-40-25-37(44)17-9-18-37)23-41-35-21-28(16-19-43(35)4)32-13-8-12-31(36(32)38)27-10-7-11-29(20-27)34-15-14-30(24-39-3)33(6-2)42-34/h5,7-8,10,12-16,19-21,23,29,39-40,44H,1,6,9,11,17-18,22,24-25H2,2-4H3/b26-23+,41-35-. The van der Waals surface area contributed by atoms with E-state index >= 15 is 0 Å². The third-order valence-electron chi connectivity index (χ3n) is 8.68. The minimum atomic E-state index is -0.560. The van der Waals surface area contributed by atoms with Crippen molar-refractivity contribution in [1.29, 1.82) is 0 Å². The lowest BCUT2D eigenvalue weighted by atomic mass is 9.80. The third kappa shape index (κ3) is 7.39. The minimum Gasteiger partial charge on any atom is -0.389 e. The molecule has 0 aliphatic heterocycles. The lowest BCUT2D eigenvalue weighted by Crippen LogP contribution is -2.46. The molecule has 44 heavy (non-hydrogen) atoms. The first-order valence-electron chi connectivity index (χ1n) is 15.6. The monoisotopic (exact) mass is 609 g/mol. The first-order valence-corrected chi connectivity index (χ1v) is 16.0. The van der Waals surface area contributed by atoms with Gasteiger partial charge in [-0.3, -0.25) is 4.98 Å². The van der Waals surface area contributed by atoms with Gasteiger partial charge in [0.15, 0.2) is 0 Å². The lowest BCUT2D eigenvalue weighted by molar-refractivity contribution is -0.0306. The highest BCUT2D eigenvalue weighted by Gasteiger charge is 2.33. The predicted octanol–water partition coefficient (Wildman–Crippen LogP) is 6.62. The number of pyridine rings is 2. The number of halogens is 1. The molecule has 1 aromatic carbocycles. The van der Waals surface area contributed by atoms with Crippen molar-refractivity contribution in [2.24, 2.45) is 12.0 Å². The summed E-state index contributed by atoms with van der Waals surface area (Å²) in [4.78, 5) is 9.83. The van der Waals surface area contributed by atoms with Gasteiger partial charge in [0.1, 0.15) is 5.49 Å². The molecule has 2 aromatic heterocycles. The molecule has 0 spiro atoms. The van der Waals surface area contributed by atoms with Gasteiger partial charge in [-0.15, -0.1) is 0 Å². The number of hydrogen-bond donors (Lipinski definition) is 3. The molecule has 0 bridgehead atoms. The SMILES string of the molecule is C=C/C(=C\N=c1\cc(-c2cccc(C3=CC(c4ccc(CNC)c(CC)n4)CC=C3)c2Cl)ccn1C)CNCC1(O)CCC1. The van der Waals surface area contributed by atoms with Gasteiger partial charge in [0, 0.05) is 67.5 Å². The minimum absolute atomic E-state index is 0.196. The number of aliphatic hydroxyl groups is 1. The average molecular weight is 610 g/mol. The van der Waals surface area contributed by atoms with Crippen molar-refractivity contribution in [2.45, 2.75) is 57.1 Å². The summed E-state index contributed by atoms with van der Waals surface area (Å²) in [6, 6.07) is 14.7. The Bertz CT molecular complexity index is 1660. The first-order chi connectivity index (χ1) is 21.3. The predicted molar refractivity (Wildman–Crippen MR) is 182 cm³/mol. The smallest absolute Gasteiger partial charge is 0.132 e. The maximum Gasteiger partial charge on any atom is 0.132 e. The maximum atomic E-state index is 10.4. The normalized spacial score (nSPS) is 18.2. The van der Waals surface area contributed by atoms with Crippen molar-refractivity contribution in [2.75, 3.05) is 20.1 Å². The highest BCUT2D eigenvalue weighted by Crippen LogP contribution is 2.38. The van der Waals surface area contributed by atoms with Gasteiger partial charge >= 0.3 is 0 Å². The third-order valence-corrected chi connectivity index (χ3v) is 9.08. The van der Waals surface area contributed by atoms with Crippen LogP contribution in [0.1, 0.15) is 61.0 Å². The fourth-order valence-electron chi connectivity index (χ4n) is 5.83. The topological polar surface area (TPSA) is 74.5 Å². The number of aromatic nitrogens is 2. The Labute approximate surface area is 266 Å². The molecule has 1 atom stereocenters. The van der Waals surface area contributed by atoms with Gasteiger partial charge in [-0.25, -0.2) is 4.99 Å². The Hall–Kier alpha value is -3.55. The number of benzene rings is 1. The summed E-state index contributed by atoms with van der Waals surface area (Å²) in [6.45, 7) is 8.12. The molecule has 3 aromatic rings. The molecular formula is C37H44ClN5O. The summed E-state index contributed by atoms with van der Waals surface area (Å²) in [7, 11) is 3.95. The van der Waals surface area contributed by atoms with Crippen LogP contribution in [0, 0.1) is 0 Å². The van der Waals surface area contributed by atoms with E-state index in [1.165, 1.54) is 5.56 Å². The molecule has 230 valence electrons. The lowest BCUT2D eigenvalue weighted by Gasteiger charge is -2.36. The summed E-state index contributed by atoms with van der Waals surface area (Å²) < 4.78 is 1.99. The fourth-order valence-corrected chi connectivity index (χ4v) is 6.17. The van der Waals surface area contributed by atoms with E-state index < -0.39 is 5.60 Å². The summed E-state index contributed by atoms with van der Waals surface area (Å²) in [5.41, 5.74) is 8.78. The second-order valence-electron chi connectivity index (χ2n) is 11.9. The van der Waals surface area contributed by atoms with Gasteiger partial charge in [0.25, 0.3) is 0 Å². The second kappa shape index (κ2) is 14.5. The summed E-state index contributed by atoms with van der Waals surface area (Å²) >= 11 is 7.14. The van der Waals surface area contributed by atoms with Crippen LogP contribution in [0.5, 0.6) is 0 Å². The van der Waals surface area contributed by atoms with Gasteiger partial charge in [-0.2, -0.15) is 0 Å². The van der Waals surface area contributed by atoms with Crippen molar-refractivity contribution in [1.82, 2.24) is 20.2 Å². The number of aryl methyl sites for hydroxylation is 2. The molecule has 2 aliphatic rings. The van der Waals surface area contributed by atoms with E-state index in [0.29, 0.717) is 13.1 Å². The molecule has 5 rings (SSSR count). The number of allylic oxidation sites excluding steroid dienone is 4. The van der Waals surface area contributed by atoms with Crippen molar-refractivity contribution >= 4 is 17.2 Å². The van der Waals surface area contributed by atoms with Crippen molar-refractivity contribution in [3.05, 3.63) is 124 Å². The Morgan fingerprint density at radius 1 is 1.23 bits per heavy atom. The van der Waals surface area contributed by atoms with E-state index in [-0.39, 0.29) is 5.92 Å². The molecule has 6 nitrogen and oxygen atoms in total. The fraction of sp³-hybridized carbons (Fsp3) is 0.351. The molecule has 0 amide bonds. The molecule has 7 heteroatoms. The molecule has 1 fully saturated rings. The number of hydrogen-bond acceptors (Lipinski definition) is 5. The Balaban J connectivity index is 1.40. The van der Waals surface area contributed by atoms with Gasteiger partial charge in [0.05, 0.1) is 10.6 Å². The van der Waals surface area contributed by atoms with Crippen molar-refractivity contribution in [3.63, 3.8) is 0 Å². The van der Waals surface area contributed by atoms with Crippen LogP contribution in [0.4, 0.5) is 0 Å². The zero-order chi connectivity index (χ0) is 31.1. The maximum absolute atomic E-state index is 10.4. The summed E-state index contributed by atoms with van der Waals surface area (Å²) in [5.74, 6) is 0.196. The van der Waals surface area contributed by atoms with Gasteiger partial charge in [-0.05, 0) is 79.6 Å². The molecule has 2 heterocycles. The molecular weight excluding hydrogens is 566 g/mol. The van der Waals surface area contributed by atoms with E-state index in [2.05, 4.69) is 84.8 Å². The van der Waals surface area contributed by atoms with Crippen LogP contribution in [-0.4, -0.2) is 40.4 Å². The molecule has 0 saturated heterocycles. The van der Waals surface area contributed by atoms with Crippen molar-refractivity contribution in [3.8, 4) is 11.1 Å². The number of rotatable bonds is 12. The Morgan fingerprint density at radius 2 is 2.05 bits per heavy atom. The highest BCUT2D eigenvalue weighted by atomic mass is 35.5. The molecule has 0 radical (unpaired) electrons. The molecule has 2 aliphatic carbocycles. The van der Waals surface area contributed by atoms with Crippen LogP contribution in [0.15, 0.2) is 96.3 Å². The largest absolute Gasteiger partial charge is 0.389 e. The Morgan fingerprint density at radius 3 is 2.77 bits per heavy atom. The van der Waals surface area contributed by atoms with Gasteiger partial charge < -0.3 is 20.3 Å². The van der Waals surface area contributed by atoms with E-state index in [0.717, 1.165) is 88.4 Å². The average Bonchev–Trinajstić information content (AvgIpc) is 3.03. The van der Waals surface area contributed by atoms with Crippen molar-refractivity contribution < 1.29 is 5.11 Å². The Kier molecular flexibility index (Phi) is 10.5. The molecule has 1 saturated carbocycles. The van der Waals surface area contributed by atoms with Crippen LogP contribution >= 0.6 is 11.6 Å². The zero-order valence-corrected chi connectivity index (χ0v) is 26.9. The summed E-state index contributed by atoms with van der Waals surface area (Å²) in [6.07, 6.45) is 17.0. The van der Waals surface area contributed by atoms with Gasteiger partial charge in [-0.1, -0.05) is 73.7 Å². The summed E-state index contributed by atoms with van der Waals surface area (Å²) in [5, 5.41) is 17.7. The zero-order valence-electron chi connectivity index (χ0n) is 26.1. The first kappa shape index (κ1) is 31.9. The van der Waals surface area contributed by atoms with E-state index in [9.17, 15) is 5.11 Å². The second-order valence-corrected chi connectivity index (χ2v) is 12.2. The van der Waals surface area contributed by atoms with Gasteiger partial charge in [0.2, 0.25) is 0 Å². The van der Waals surface area contributed by atoms with Crippen LogP contribution < -0.4 is 16.1 Å². The van der Waals surface area contributed by atoms with E-state index in [1.54, 1.807) is 6.08 Å². The highest BCUT2D eigenvalue weighted by molar-refractivity contribution is 6.35. The van der Waals surface area contributed by atoms with E-state index in [4.69, 9.17) is 21.6 Å². The number of nitrogens with zero attached hydrogens (tertiary/aromatic N) is 3. The van der Waals surface area contributed by atoms with Crippen LogP contribution in [0.25, 0.3) is 16.7 Å². The van der Waals surface area contributed by atoms with Crippen LogP contribution in [0.2, 0.25) is 5.02 Å².